The minimum absolute atomic E-state index is 1.17. The van der Waals surface area contributed by atoms with Gasteiger partial charge in [0.15, 0.2) is 0 Å². The summed E-state index contributed by atoms with van der Waals surface area (Å²) in [6.07, 6.45) is 0. The molecule has 10 rings (SSSR count). The first-order valence-corrected chi connectivity index (χ1v) is 16.9. The van der Waals surface area contributed by atoms with E-state index in [-0.39, 0.29) is 0 Å². The molecule has 10 aromatic rings. The lowest BCUT2D eigenvalue weighted by Gasteiger charge is -2.13. The van der Waals surface area contributed by atoms with Gasteiger partial charge in [-0.05, 0) is 76.9 Å². The van der Waals surface area contributed by atoms with E-state index >= 15 is 0 Å². The van der Waals surface area contributed by atoms with Crippen LogP contribution in [0.3, 0.4) is 0 Å². The highest BCUT2D eigenvalue weighted by molar-refractivity contribution is 7.26. The maximum Gasteiger partial charge on any atom is 0.0727 e. The molecule has 0 N–H and O–H groups in total. The van der Waals surface area contributed by atoms with Crippen molar-refractivity contribution in [1.29, 1.82) is 0 Å². The summed E-state index contributed by atoms with van der Waals surface area (Å²) in [4.78, 5) is 0. The third-order valence-electron chi connectivity index (χ3n) is 9.53. The molecule has 0 atom stereocenters. The van der Waals surface area contributed by atoms with Gasteiger partial charge in [0.05, 0.1) is 26.8 Å². The molecule has 0 bridgehead atoms. The quantitative estimate of drug-likeness (QED) is 0.186. The molecule has 3 heteroatoms. The zero-order chi connectivity index (χ0) is 30.9. The van der Waals surface area contributed by atoms with E-state index < -0.39 is 0 Å². The van der Waals surface area contributed by atoms with Crippen molar-refractivity contribution in [2.45, 2.75) is 0 Å². The number of benzene rings is 7. The van der Waals surface area contributed by atoms with Crippen molar-refractivity contribution >= 4 is 64.3 Å². The van der Waals surface area contributed by atoms with E-state index in [9.17, 15) is 0 Å². The second kappa shape index (κ2) is 10.3. The average molecular weight is 617 g/mol. The third kappa shape index (κ3) is 3.90. The normalized spacial score (nSPS) is 11.8. The van der Waals surface area contributed by atoms with E-state index in [1.165, 1.54) is 86.6 Å². The Morgan fingerprint density at radius 2 is 0.957 bits per heavy atom. The third-order valence-corrected chi connectivity index (χ3v) is 10.7. The van der Waals surface area contributed by atoms with Crippen LogP contribution < -0.4 is 0 Å². The standard InChI is InChI=1S/C44H28N2S/c1-3-14-30(15-4-1)45-38-23-11-9-20-35(38)42-34(22-13-25-40(42)45)33-19-8-7-18-32(33)29-26-27-41-37(28-29)43-44(47-41)36-21-10-12-24-39(36)46(43)31-16-5-2-6-17-31/h1-28H. The predicted molar refractivity (Wildman–Crippen MR) is 201 cm³/mol. The highest BCUT2D eigenvalue weighted by atomic mass is 32.1. The smallest absolute Gasteiger partial charge is 0.0727 e. The largest absolute Gasteiger partial charge is 0.309 e. The molecule has 0 amide bonds. The van der Waals surface area contributed by atoms with Crippen molar-refractivity contribution in [1.82, 2.24) is 9.13 Å². The SMILES string of the molecule is c1ccc(-n2c3ccccc3c3c(-c4ccccc4-c4ccc5sc6c7ccccc7n(-c7ccccc7)c6c5c4)cccc32)cc1. The first kappa shape index (κ1) is 26.3. The Kier molecular flexibility index (Phi) is 5.78. The molecule has 0 unspecified atom stereocenters. The van der Waals surface area contributed by atoms with Gasteiger partial charge in [-0.25, -0.2) is 0 Å². The molecule has 0 radical (unpaired) electrons. The van der Waals surface area contributed by atoms with Gasteiger partial charge in [0, 0.05) is 37.6 Å². The van der Waals surface area contributed by atoms with Gasteiger partial charge in [-0.1, -0.05) is 115 Å². The summed E-state index contributed by atoms with van der Waals surface area (Å²) in [5.41, 5.74) is 12.3. The van der Waals surface area contributed by atoms with Crippen LogP contribution in [0.4, 0.5) is 0 Å². The number of hydrogen-bond donors (Lipinski definition) is 0. The molecule has 0 saturated carbocycles. The summed E-state index contributed by atoms with van der Waals surface area (Å²) in [5, 5.41) is 5.13. The van der Waals surface area contributed by atoms with Gasteiger partial charge in [-0.2, -0.15) is 0 Å². The van der Waals surface area contributed by atoms with E-state index in [1.807, 2.05) is 11.3 Å². The minimum Gasteiger partial charge on any atom is -0.309 e. The molecule has 220 valence electrons. The summed E-state index contributed by atoms with van der Waals surface area (Å²) in [7, 11) is 0. The highest BCUT2D eigenvalue weighted by Gasteiger charge is 2.20. The number of hydrogen-bond acceptors (Lipinski definition) is 1. The first-order valence-electron chi connectivity index (χ1n) is 16.0. The zero-order valence-electron chi connectivity index (χ0n) is 25.5. The lowest BCUT2D eigenvalue weighted by molar-refractivity contribution is 1.18. The van der Waals surface area contributed by atoms with Crippen molar-refractivity contribution < 1.29 is 0 Å². The van der Waals surface area contributed by atoms with E-state index in [2.05, 4.69) is 179 Å². The first-order chi connectivity index (χ1) is 23.3. The summed E-state index contributed by atoms with van der Waals surface area (Å²) in [6, 6.07) is 61.7. The Bertz CT molecular complexity index is 2780. The topological polar surface area (TPSA) is 9.86 Å². The fraction of sp³-hybridized carbons (Fsp3) is 0. The molecule has 7 aromatic carbocycles. The van der Waals surface area contributed by atoms with Gasteiger partial charge in [0.1, 0.15) is 0 Å². The molecule has 0 fully saturated rings. The number of aromatic nitrogens is 2. The lowest BCUT2D eigenvalue weighted by Crippen LogP contribution is -1.93. The maximum absolute atomic E-state index is 2.44. The molecular weight excluding hydrogens is 589 g/mol. The van der Waals surface area contributed by atoms with Crippen LogP contribution in [0.1, 0.15) is 0 Å². The second-order valence-electron chi connectivity index (χ2n) is 12.1. The summed E-state index contributed by atoms with van der Waals surface area (Å²) in [5.74, 6) is 0. The molecule has 0 saturated heterocycles. The number of rotatable bonds is 4. The molecule has 0 aliphatic rings. The summed E-state index contributed by atoms with van der Waals surface area (Å²) in [6.45, 7) is 0. The van der Waals surface area contributed by atoms with Gasteiger partial charge < -0.3 is 9.13 Å². The number of thiophene rings is 1. The Morgan fingerprint density at radius 1 is 0.383 bits per heavy atom. The number of fused-ring (bicyclic) bond motifs is 8. The predicted octanol–water partition coefficient (Wildman–Crippen LogP) is 12.4. The van der Waals surface area contributed by atoms with Crippen molar-refractivity contribution in [3.05, 3.63) is 170 Å². The van der Waals surface area contributed by atoms with E-state index in [0.29, 0.717) is 0 Å². The summed E-state index contributed by atoms with van der Waals surface area (Å²) >= 11 is 1.89. The molecule has 0 spiro atoms. The average Bonchev–Trinajstić information content (AvgIpc) is 3.79. The Balaban J connectivity index is 1.24. The van der Waals surface area contributed by atoms with Gasteiger partial charge in [0.25, 0.3) is 0 Å². The van der Waals surface area contributed by atoms with Gasteiger partial charge in [-0.3, -0.25) is 0 Å². The fourth-order valence-corrected chi connectivity index (χ4v) is 8.75. The highest BCUT2D eigenvalue weighted by Crippen LogP contribution is 2.45. The van der Waals surface area contributed by atoms with E-state index in [4.69, 9.17) is 0 Å². The fourth-order valence-electron chi connectivity index (χ4n) is 7.55. The molecule has 2 nitrogen and oxygen atoms in total. The molecule has 3 aromatic heterocycles. The van der Waals surface area contributed by atoms with Gasteiger partial charge in [0.2, 0.25) is 0 Å². The van der Waals surface area contributed by atoms with Crippen LogP contribution in [0, 0.1) is 0 Å². The Hall–Kier alpha value is -5.90. The molecule has 0 aliphatic heterocycles. The van der Waals surface area contributed by atoms with E-state index in [0.717, 1.165) is 0 Å². The van der Waals surface area contributed by atoms with Crippen LogP contribution in [0.25, 0.3) is 86.6 Å². The monoisotopic (exact) mass is 616 g/mol. The molecule has 47 heavy (non-hydrogen) atoms. The van der Waals surface area contributed by atoms with Crippen LogP contribution >= 0.6 is 11.3 Å². The molecule has 0 aliphatic carbocycles. The summed E-state index contributed by atoms with van der Waals surface area (Å²) < 4.78 is 7.48. The second-order valence-corrected chi connectivity index (χ2v) is 13.2. The van der Waals surface area contributed by atoms with Crippen molar-refractivity contribution in [2.75, 3.05) is 0 Å². The zero-order valence-corrected chi connectivity index (χ0v) is 26.3. The van der Waals surface area contributed by atoms with Crippen LogP contribution in [-0.2, 0) is 0 Å². The van der Waals surface area contributed by atoms with Crippen LogP contribution in [-0.4, -0.2) is 9.13 Å². The van der Waals surface area contributed by atoms with E-state index in [1.54, 1.807) is 0 Å². The van der Waals surface area contributed by atoms with Gasteiger partial charge in [-0.15, -0.1) is 11.3 Å². The van der Waals surface area contributed by atoms with Gasteiger partial charge >= 0.3 is 0 Å². The number of nitrogens with zero attached hydrogens (tertiary/aromatic N) is 2. The van der Waals surface area contributed by atoms with Crippen molar-refractivity contribution in [3.63, 3.8) is 0 Å². The minimum atomic E-state index is 1.17. The Labute approximate surface area is 276 Å². The van der Waals surface area contributed by atoms with Crippen LogP contribution in [0.2, 0.25) is 0 Å². The molecule has 3 heterocycles. The molecular formula is C44H28N2S. The Morgan fingerprint density at radius 3 is 1.72 bits per heavy atom. The van der Waals surface area contributed by atoms with Crippen LogP contribution in [0.15, 0.2) is 170 Å². The number of para-hydroxylation sites is 4. The maximum atomic E-state index is 2.44. The van der Waals surface area contributed by atoms with Crippen LogP contribution in [0.5, 0.6) is 0 Å². The van der Waals surface area contributed by atoms with Crippen molar-refractivity contribution in [3.8, 4) is 33.6 Å². The lowest BCUT2D eigenvalue weighted by atomic mass is 9.91. The van der Waals surface area contributed by atoms with Crippen molar-refractivity contribution in [2.24, 2.45) is 0 Å².